The van der Waals surface area contributed by atoms with Crippen molar-refractivity contribution in [3.63, 3.8) is 0 Å². The summed E-state index contributed by atoms with van der Waals surface area (Å²) in [6, 6.07) is 15.2. The highest BCUT2D eigenvalue weighted by atomic mass is 32.1. The topological polar surface area (TPSA) is 103 Å². The summed E-state index contributed by atoms with van der Waals surface area (Å²) in [4.78, 5) is 4.75. The largest absolute Gasteiger partial charge is 0.489 e. The molecule has 0 aliphatic carbocycles. The Morgan fingerprint density at radius 2 is 1.88 bits per heavy atom. The van der Waals surface area contributed by atoms with Gasteiger partial charge in [-0.05, 0) is 44.2 Å². The summed E-state index contributed by atoms with van der Waals surface area (Å²) >= 11 is 1.58. The van der Waals surface area contributed by atoms with Crippen LogP contribution in [0.1, 0.15) is 45.9 Å². The maximum atomic E-state index is 9.01. The van der Waals surface area contributed by atoms with Gasteiger partial charge in [-0.3, -0.25) is 0 Å². The normalized spacial score (nSPS) is 12.8. The zero-order valence-electron chi connectivity index (χ0n) is 20.0. The zero-order valence-corrected chi connectivity index (χ0v) is 20.8. The van der Waals surface area contributed by atoms with Gasteiger partial charge in [0.2, 0.25) is 0 Å². The monoisotopic (exact) mass is 479 g/mol. The number of oxime groups is 1. The molecule has 0 saturated carbocycles. The number of nitrogens with two attached hydrogens (primary N) is 1. The molecule has 3 N–H and O–H groups in total. The van der Waals surface area contributed by atoms with E-state index in [0.29, 0.717) is 18.1 Å². The van der Waals surface area contributed by atoms with Gasteiger partial charge >= 0.3 is 0 Å². The van der Waals surface area contributed by atoms with Crippen LogP contribution in [0, 0.1) is 0 Å². The van der Waals surface area contributed by atoms with Crippen LogP contribution in [-0.2, 0) is 12.0 Å². The lowest BCUT2D eigenvalue weighted by Crippen LogP contribution is -2.43. The quantitative estimate of drug-likeness (QED) is 0.139. The fourth-order valence-electron chi connectivity index (χ4n) is 3.28. The minimum absolute atomic E-state index is 0.00634. The summed E-state index contributed by atoms with van der Waals surface area (Å²) in [6.07, 6.45) is 0. The number of hydrogen-bond donors (Lipinski definition) is 2. The van der Waals surface area contributed by atoms with Gasteiger partial charge < -0.3 is 24.8 Å². The Bertz CT molecular complexity index is 1330. The van der Waals surface area contributed by atoms with E-state index in [1.54, 1.807) is 25.2 Å². The van der Waals surface area contributed by atoms with E-state index in [2.05, 4.69) is 31.3 Å². The predicted molar refractivity (Wildman–Crippen MR) is 135 cm³/mol. The smallest absolute Gasteiger partial charge is 0.182 e. The van der Waals surface area contributed by atoms with Gasteiger partial charge in [-0.15, -0.1) is 11.3 Å². The van der Waals surface area contributed by atoms with Crippen LogP contribution in [0.5, 0.6) is 11.5 Å². The number of furan rings is 1. The lowest BCUT2D eigenvalue weighted by molar-refractivity contribution is 0.168. The Morgan fingerprint density at radius 3 is 2.59 bits per heavy atom. The average molecular weight is 480 g/mol. The number of nitrogens with zero attached hydrogens (tertiary/aromatic N) is 2. The molecule has 0 saturated heterocycles. The lowest BCUT2D eigenvalue weighted by atomic mass is 9.93. The van der Waals surface area contributed by atoms with E-state index >= 15 is 0 Å². The molecule has 0 aliphatic heterocycles. The van der Waals surface area contributed by atoms with Gasteiger partial charge in [0.15, 0.2) is 22.2 Å². The molecule has 0 aliphatic rings. The highest BCUT2D eigenvalue weighted by molar-refractivity contribution is 7.13. The first-order valence-corrected chi connectivity index (χ1v) is 11.8. The number of hydrogen-bond acceptors (Lipinski definition) is 7. The molecule has 2 heterocycles. The van der Waals surface area contributed by atoms with Crippen molar-refractivity contribution in [1.82, 2.24) is 4.98 Å². The van der Waals surface area contributed by atoms with Gasteiger partial charge in [-0.2, -0.15) is 0 Å². The summed E-state index contributed by atoms with van der Waals surface area (Å²) < 4.78 is 18.1. The number of ether oxygens (including phenoxy) is 2. The first-order chi connectivity index (χ1) is 16.1. The van der Waals surface area contributed by atoms with E-state index in [9.17, 15) is 0 Å². The Labute approximate surface area is 202 Å². The minimum atomic E-state index is -0.973. The second-order valence-electron chi connectivity index (χ2n) is 9.59. The van der Waals surface area contributed by atoms with E-state index < -0.39 is 5.60 Å². The Balaban J connectivity index is 1.52. The van der Waals surface area contributed by atoms with Gasteiger partial charge in [-0.1, -0.05) is 44.1 Å². The van der Waals surface area contributed by atoms with Crippen molar-refractivity contribution in [3.05, 3.63) is 65.2 Å². The van der Waals surface area contributed by atoms with Crippen LogP contribution in [0.3, 0.4) is 0 Å². The van der Waals surface area contributed by atoms with Crippen LogP contribution in [0.15, 0.2) is 63.5 Å². The maximum absolute atomic E-state index is 9.01. The summed E-state index contributed by atoms with van der Waals surface area (Å²) in [5, 5.41) is 16.0. The Hall–Kier alpha value is -3.52. The van der Waals surface area contributed by atoms with Crippen molar-refractivity contribution >= 4 is 28.1 Å². The van der Waals surface area contributed by atoms with E-state index in [-0.39, 0.29) is 11.3 Å². The highest BCUT2D eigenvalue weighted by Crippen LogP contribution is 2.34. The van der Waals surface area contributed by atoms with Crippen LogP contribution < -0.4 is 15.2 Å². The third-order valence-corrected chi connectivity index (χ3v) is 6.28. The standard InChI is InChI=1S/C26H29N3O4S/c1-25(2,3)22-15-34-23(28-22)21-13-17-12-18(10-11-19(17)32-21)31-14-16-8-6-7-9-20(16)33-26(4,5)24(27)29-30/h6-13,15,30H,14H2,1-5H3,(H2,27,29). The molecule has 0 unspecified atom stereocenters. The molecular formula is C26H29N3O4S. The molecule has 0 spiro atoms. The minimum Gasteiger partial charge on any atom is -0.489 e. The molecule has 7 nitrogen and oxygen atoms in total. The van der Waals surface area contributed by atoms with Crippen molar-refractivity contribution in [2.24, 2.45) is 10.9 Å². The molecular weight excluding hydrogens is 450 g/mol. The third-order valence-electron chi connectivity index (χ3n) is 5.43. The van der Waals surface area contributed by atoms with Gasteiger partial charge in [0.05, 0.1) is 5.69 Å². The lowest BCUT2D eigenvalue weighted by Gasteiger charge is -2.26. The number of fused-ring (bicyclic) bond motifs is 1. The molecule has 178 valence electrons. The Morgan fingerprint density at radius 1 is 1.12 bits per heavy atom. The number of rotatable bonds is 7. The number of amidine groups is 1. The zero-order chi connectivity index (χ0) is 24.5. The van der Waals surface area contributed by atoms with Crippen LogP contribution in [-0.4, -0.2) is 21.6 Å². The second-order valence-corrected chi connectivity index (χ2v) is 10.5. The number of thiazole rings is 1. The molecule has 0 radical (unpaired) electrons. The molecule has 4 aromatic rings. The summed E-state index contributed by atoms with van der Waals surface area (Å²) in [7, 11) is 0. The summed E-state index contributed by atoms with van der Waals surface area (Å²) in [6.45, 7) is 10.2. The Kier molecular flexibility index (Phi) is 6.27. The van der Waals surface area contributed by atoms with E-state index in [0.717, 1.165) is 33.0 Å². The molecule has 34 heavy (non-hydrogen) atoms. The summed E-state index contributed by atoms with van der Waals surface area (Å²) in [5.74, 6) is 2.04. The highest BCUT2D eigenvalue weighted by Gasteiger charge is 2.27. The van der Waals surface area contributed by atoms with Gasteiger partial charge in [0.1, 0.15) is 23.7 Å². The van der Waals surface area contributed by atoms with Crippen molar-refractivity contribution in [2.75, 3.05) is 0 Å². The molecule has 0 bridgehead atoms. The summed E-state index contributed by atoms with van der Waals surface area (Å²) in [5.41, 5.74) is 7.45. The van der Waals surface area contributed by atoms with E-state index in [4.69, 9.17) is 29.8 Å². The van der Waals surface area contributed by atoms with Gasteiger partial charge in [0, 0.05) is 21.7 Å². The third kappa shape index (κ3) is 5.02. The molecule has 0 amide bonds. The van der Waals surface area contributed by atoms with Gasteiger partial charge in [0.25, 0.3) is 0 Å². The van der Waals surface area contributed by atoms with Gasteiger partial charge in [-0.25, -0.2) is 4.98 Å². The molecule has 0 fully saturated rings. The van der Waals surface area contributed by atoms with Crippen LogP contribution in [0.4, 0.5) is 0 Å². The molecule has 2 aromatic heterocycles. The molecule has 8 heteroatoms. The second kappa shape index (κ2) is 9.02. The number of para-hydroxylation sites is 1. The maximum Gasteiger partial charge on any atom is 0.182 e. The molecule has 2 aromatic carbocycles. The van der Waals surface area contributed by atoms with E-state index in [1.807, 2.05) is 48.5 Å². The van der Waals surface area contributed by atoms with Crippen LogP contribution in [0.25, 0.3) is 21.7 Å². The number of benzene rings is 2. The predicted octanol–water partition coefficient (Wildman–Crippen LogP) is 6.34. The average Bonchev–Trinajstić information content (AvgIpc) is 3.44. The van der Waals surface area contributed by atoms with Crippen molar-refractivity contribution in [2.45, 2.75) is 52.2 Å². The molecule has 4 rings (SSSR count). The van der Waals surface area contributed by atoms with Crippen LogP contribution in [0.2, 0.25) is 0 Å². The molecule has 0 atom stereocenters. The SMILES string of the molecule is CC(C)(Oc1ccccc1COc1ccc2oc(-c3nc(C(C)(C)C)cs3)cc2c1)C(N)=NO. The van der Waals surface area contributed by atoms with Crippen molar-refractivity contribution in [3.8, 4) is 22.3 Å². The van der Waals surface area contributed by atoms with E-state index in [1.165, 1.54) is 0 Å². The number of aromatic nitrogens is 1. The first-order valence-electron chi connectivity index (χ1n) is 10.9. The fourth-order valence-corrected chi connectivity index (χ4v) is 4.28. The first kappa shape index (κ1) is 23.6. The van der Waals surface area contributed by atoms with Crippen LogP contribution >= 0.6 is 11.3 Å². The fraction of sp³-hybridized carbons (Fsp3) is 0.308. The van der Waals surface area contributed by atoms with Crippen molar-refractivity contribution < 1.29 is 19.1 Å². The van der Waals surface area contributed by atoms with Crippen molar-refractivity contribution in [1.29, 1.82) is 0 Å².